The fraction of sp³-hybridized carbons (Fsp3) is 0.286. The van der Waals surface area contributed by atoms with Gasteiger partial charge in [0.1, 0.15) is 11.2 Å². The van der Waals surface area contributed by atoms with Crippen molar-refractivity contribution in [2.45, 2.75) is 38.8 Å². The second-order valence-corrected chi connectivity index (χ2v) is 7.36. The van der Waals surface area contributed by atoms with E-state index in [9.17, 15) is 9.59 Å². The molecule has 6 nitrogen and oxygen atoms in total. The Labute approximate surface area is 157 Å². The third-order valence-electron chi connectivity index (χ3n) is 5.05. The smallest absolute Gasteiger partial charge is 0.267 e. The molecule has 1 aromatic carbocycles. The van der Waals surface area contributed by atoms with Gasteiger partial charge < -0.3 is 9.32 Å². The highest BCUT2D eigenvalue weighted by molar-refractivity contribution is 6.00. The van der Waals surface area contributed by atoms with Crippen LogP contribution in [0.25, 0.3) is 11.5 Å². The summed E-state index contributed by atoms with van der Waals surface area (Å²) in [6.45, 7) is 5.47. The number of amides is 1. The minimum absolute atomic E-state index is 0.0260. The largest absolute Gasteiger partial charge is 0.463 e. The van der Waals surface area contributed by atoms with Crippen molar-refractivity contribution in [1.82, 2.24) is 9.78 Å². The maximum atomic E-state index is 13.5. The summed E-state index contributed by atoms with van der Waals surface area (Å²) in [6, 6.07) is 14.5. The van der Waals surface area contributed by atoms with Crippen LogP contribution in [0.4, 0.5) is 5.69 Å². The van der Waals surface area contributed by atoms with E-state index in [0.717, 1.165) is 17.7 Å². The minimum Gasteiger partial charge on any atom is -0.463 e. The van der Waals surface area contributed by atoms with E-state index in [2.05, 4.69) is 5.10 Å². The van der Waals surface area contributed by atoms with Crippen molar-refractivity contribution < 1.29 is 9.21 Å². The number of benzene rings is 1. The number of fused-ring (bicyclic) bond motifs is 1. The molecule has 0 spiro atoms. The molecule has 6 heteroatoms. The second-order valence-electron chi connectivity index (χ2n) is 7.36. The zero-order valence-electron chi connectivity index (χ0n) is 15.5. The number of carbonyl (C=O) groups excluding carboxylic acids is 1. The fourth-order valence-corrected chi connectivity index (χ4v) is 3.63. The first-order chi connectivity index (χ1) is 12.9. The van der Waals surface area contributed by atoms with E-state index in [4.69, 9.17) is 4.42 Å². The van der Waals surface area contributed by atoms with Gasteiger partial charge in [-0.15, -0.1) is 0 Å². The van der Waals surface area contributed by atoms with Crippen LogP contribution in [0.5, 0.6) is 0 Å². The quantitative estimate of drug-likeness (QED) is 0.716. The number of carbonyl (C=O) groups is 1. The van der Waals surface area contributed by atoms with E-state index in [1.54, 1.807) is 43.2 Å². The average Bonchev–Trinajstić information content (AvgIpc) is 3.28. The van der Waals surface area contributed by atoms with Gasteiger partial charge in [0.2, 0.25) is 0 Å². The van der Waals surface area contributed by atoms with Crippen LogP contribution in [-0.2, 0) is 16.8 Å². The van der Waals surface area contributed by atoms with Gasteiger partial charge >= 0.3 is 0 Å². The Morgan fingerprint density at radius 2 is 1.93 bits per heavy atom. The Morgan fingerprint density at radius 3 is 2.67 bits per heavy atom. The molecule has 3 heterocycles. The summed E-state index contributed by atoms with van der Waals surface area (Å²) in [5.41, 5.74) is 1.07. The molecule has 0 saturated carbocycles. The molecular weight excluding hydrogens is 342 g/mol. The monoisotopic (exact) mass is 363 g/mol. The van der Waals surface area contributed by atoms with Gasteiger partial charge in [-0.2, -0.15) is 5.10 Å². The molecule has 1 amide bonds. The lowest BCUT2D eigenvalue weighted by molar-refractivity contribution is -0.126. The normalized spacial score (nSPS) is 16.4. The summed E-state index contributed by atoms with van der Waals surface area (Å²) in [7, 11) is 0. The van der Waals surface area contributed by atoms with Crippen LogP contribution < -0.4 is 10.5 Å². The van der Waals surface area contributed by atoms with Crippen LogP contribution in [0.15, 0.2) is 64.0 Å². The topological polar surface area (TPSA) is 68.3 Å². The molecule has 1 atom stereocenters. The molecule has 2 aromatic heterocycles. The molecule has 0 fully saturated rings. The van der Waals surface area contributed by atoms with E-state index >= 15 is 0 Å². The van der Waals surface area contributed by atoms with Crippen LogP contribution >= 0.6 is 0 Å². The summed E-state index contributed by atoms with van der Waals surface area (Å²) in [5.74, 6) is 0.387. The molecule has 0 aliphatic carbocycles. The second kappa shape index (κ2) is 6.23. The number of anilines is 1. The van der Waals surface area contributed by atoms with Crippen molar-refractivity contribution >= 4 is 11.6 Å². The zero-order chi connectivity index (χ0) is 19.2. The average molecular weight is 363 g/mol. The van der Waals surface area contributed by atoms with E-state index < -0.39 is 5.54 Å². The fourth-order valence-electron chi connectivity index (χ4n) is 3.63. The Morgan fingerprint density at radius 1 is 1.15 bits per heavy atom. The summed E-state index contributed by atoms with van der Waals surface area (Å²) in [6.07, 6.45) is 2.35. The number of furan rings is 1. The lowest BCUT2D eigenvalue weighted by Gasteiger charge is -2.33. The van der Waals surface area contributed by atoms with Crippen molar-refractivity contribution in [2.24, 2.45) is 0 Å². The lowest BCUT2D eigenvalue weighted by Crippen LogP contribution is -2.53. The molecule has 4 rings (SSSR count). The molecule has 0 bridgehead atoms. The number of rotatable bonds is 3. The molecule has 0 saturated heterocycles. The zero-order valence-corrected chi connectivity index (χ0v) is 15.5. The predicted molar refractivity (Wildman–Crippen MR) is 103 cm³/mol. The Balaban J connectivity index is 1.77. The van der Waals surface area contributed by atoms with Gasteiger partial charge in [-0.05, 0) is 57.0 Å². The lowest BCUT2D eigenvalue weighted by atomic mass is 10.0. The van der Waals surface area contributed by atoms with Crippen LogP contribution in [0.2, 0.25) is 0 Å². The minimum atomic E-state index is -1.15. The van der Waals surface area contributed by atoms with Crippen LogP contribution in [0.1, 0.15) is 26.3 Å². The van der Waals surface area contributed by atoms with Crippen LogP contribution in [0.3, 0.4) is 0 Å². The first-order valence-corrected chi connectivity index (χ1v) is 8.96. The highest BCUT2D eigenvalue weighted by Crippen LogP contribution is 2.34. The van der Waals surface area contributed by atoms with Gasteiger partial charge in [-0.25, -0.2) is 4.68 Å². The molecule has 0 N–H and O–H groups in total. The summed E-state index contributed by atoms with van der Waals surface area (Å²) < 4.78 is 6.63. The van der Waals surface area contributed by atoms with Gasteiger partial charge in [0.05, 0.1) is 6.26 Å². The van der Waals surface area contributed by atoms with Gasteiger partial charge in [-0.1, -0.05) is 18.2 Å². The maximum absolute atomic E-state index is 13.5. The summed E-state index contributed by atoms with van der Waals surface area (Å²) in [4.78, 5) is 27.8. The maximum Gasteiger partial charge on any atom is 0.267 e. The Kier molecular flexibility index (Phi) is 3.98. The van der Waals surface area contributed by atoms with Crippen LogP contribution in [-0.4, -0.2) is 21.7 Å². The van der Waals surface area contributed by atoms with Gasteiger partial charge in [0.15, 0.2) is 5.76 Å². The van der Waals surface area contributed by atoms with Crippen LogP contribution in [0, 0.1) is 0 Å². The van der Waals surface area contributed by atoms with Crippen molar-refractivity contribution in [3.8, 4) is 11.5 Å². The molecule has 3 aromatic rings. The molecule has 1 unspecified atom stereocenters. The number of aromatic nitrogens is 2. The van der Waals surface area contributed by atoms with Crippen molar-refractivity contribution in [3.05, 3.63) is 70.7 Å². The third kappa shape index (κ3) is 2.77. The number of para-hydroxylation sites is 1. The summed E-state index contributed by atoms with van der Waals surface area (Å²) >= 11 is 0. The first kappa shape index (κ1) is 17.3. The van der Waals surface area contributed by atoms with E-state index in [0.29, 0.717) is 11.5 Å². The molecule has 1 aliphatic heterocycles. The van der Waals surface area contributed by atoms with E-state index in [1.807, 2.05) is 31.2 Å². The summed E-state index contributed by atoms with van der Waals surface area (Å²) in [5, 5.41) is 4.42. The van der Waals surface area contributed by atoms with Crippen molar-refractivity contribution in [2.75, 3.05) is 4.90 Å². The number of hydrogen-bond acceptors (Lipinski definition) is 4. The molecule has 138 valence electrons. The first-order valence-electron chi connectivity index (χ1n) is 8.96. The highest BCUT2D eigenvalue weighted by atomic mass is 16.3. The third-order valence-corrected chi connectivity index (χ3v) is 5.05. The van der Waals surface area contributed by atoms with Crippen molar-refractivity contribution in [1.29, 1.82) is 0 Å². The van der Waals surface area contributed by atoms with Gasteiger partial charge in [0, 0.05) is 17.8 Å². The molecular formula is C21H21N3O3. The molecule has 1 aliphatic rings. The van der Waals surface area contributed by atoms with Gasteiger partial charge in [0.25, 0.3) is 11.5 Å². The number of nitrogens with zero attached hydrogens (tertiary/aromatic N) is 3. The van der Waals surface area contributed by atoms with E-state index in [-0.39, 0.29) is 17.5 Å². The van der Waals surface area contributed by atoms with Gasteiger partial charge in [-0.3, -0.25) is 9.59 Å². The van der Waals surface area contributed by atoms with E-state index in [1.165, 1.54) is 10.7 Å². The Hall–Kier alpha value is -3.15. The number of hydrogen-bond donors (Lipinski definition) is 0. The predicted octanol–water partition coefficient (Wildman–Crippen LogP) is 3.22. The molecule has 27 heavy (non-hydrogen) atoms. The molecule has 0 radical (unpaired) electrons. The Bertz CT molecular complexity index is 1050. The van der Waals surface area contributed by atoms with Crippen molar-refractivity contribution in [3.63, 3.8) is 0 Å². The SMILES string of the molecule is CC1Cc2ccccc2N1C(=O)C(C)(C)n1nc(-c2ccco2)ccc1=O. The standard InChI is InChI=1S/C21H21N3O3/c1-14-13-15-7-4-5-8-17(15)23(14)20(26)21(2,3)24-19(25)11-10-16(22-24)18-9-6-12-27-18/h4-12,14H,13H2,1-3H3. The highest BCUT2D eigenvalue weighted by Gasteiger charge is 2.41.